The molecule has 1 N–H and O–H groups in total. The largest absolute Gasteiger partial charge is 0.259 e. The Morgan fingerprint density at radius 3 is 3.55 bits per heavy atom. The van der Waals surface area contributed by atoms with Crippen molar-refractivity contribution < 1.29 is 0 Å². The molecule has 0 atom stereocenters. The molecule has 1 aromatic heterocycles. The van der Waals surface area contributed by atoms with E-state index < -0.39 is 0 Å². The minimum absolute atomic E-state index is 0.878. The van der Waals surface area contributed by atoms with Gasteiger partial charge >= 0.3 is 0 Å². The van der Waals surface area contributed by atoms with Crippen molar-refractivity contribution in [2.75, 3.05) is 7.05 Å². The molecule has 1 aromatic rings. The van der Waals surface area contributed by atoms with Gasteiger partial charge in [0.25, 0.3) is 0 Å². The first kappa shape index (κ1) is 7.09. The summed E-state index contributed by atoms with van der Waals surface area (Å²) < 4.78 is 0. The Hall–Kier alpha value is -0.580. The first-order valence-corrected chi connectivity index (χ1v) is 4.25. The van der Waals surface area contributed by atoms with Crippen LogP contribution in [-0.4, -0.2) is 17.0 Å². The Bertz CT molecular complexity index is 264. The lowest BCUT2D eigenvalue weighted by Gasteiger charge is -2.23. The summed E-state index contributed by atoms with van der Waals surface area (Å²) >= 11 is 1.61. The van der Waals surface area contributed by atoms with Gasteiger partial charge in [-0.05, 0) is 24.1 Å². The Kier molecular flexibility index (Phi) is 1.81. The van der Waals surface area contributed by atoms with Gasteiger partial charge in [-0.15, -0.1) is 0 Å². The van der Waals surface area contributed by atoms with Crippen LogP contribution in [-0.2, 0) is 6.54 Å². The third-order valence-corrected chi connectivity index (χ3v) is 2.54. The van der Waals surface area contributed by atoms with Gasteiger partial charge in [0, 0.05) is 18.1 Å². The van der Waals surface area contributed by atoms with Crippen LogP contribution in [0.2, 0.25) is 0 Å². The predicted molar refractivity (Wildman–Crippen MR) is 44.7 cm³/mol. The van der Waals surface area contributed by atoms with Gasteiger partial charge in [0.15, 0.2) is 0 Å². The highest BCUT2D eigenvalue weighted by Gasteiger charge is 2.12. The van der Waals surface area contributed by atoms with Crippen molar-refractivity contribution in [3.63, 3.8) is 0 Å². The number of pyridine rings is 1. The average molecular weight is 167 g/mol. The van der Waals surface area contributed by atoms with Gasteiger partial charge in [0.05, 0.1) is 12.2 Å². The molecule has 0 bridgehead atoms. The van der Waals surface area contributed by atoms with Crippen LogP contribution in [0.25, 0.3) is 0 Å². The second-order valence-corrected chi connectivity index (χ2v) is 3.32. The minimum Gasteiger partial charge on any atom is -0.259 e. The van der Waals surface area contributed by atoms with E-state index in [1.165, 1.54) is 4.90 Å². The van der Waals surface area contributed by atoms with E-state index in [4.69, 9.17) is 0 Å². The van der Waals surface area contributed by atoms with E-state index in [-0.39, 0.29) is 0 Å². The van der Waals surface area contributed by atoms with E-state index in [9.17, 15) is 0 Å². The molecule has 2 heterocycles. The maximum absolute atomic E-state index is 4.27. The highest BCUT2D eigenvalue weighted by molar-refractivity contribution is 7.97. The van der Waals surface area contributed by atoms with Gasteiger partial charge in [-0.1, -0.05) is 0 Å². The normalized spacial score (nSPS) is 17.9. The molecule has 1 aliphatic heterocycles. The van der Waals surface area contributed by atoms with Crippen LogP contribution >= 0.6 is 11.9 Å². The number of hydrogen-bond donors (Lipinski definition) is 1. The lowest BCUT2D eigenvalue weighted by Crippen LogP contribution is -2.32. The molecule has 58 valence electrons. The highest BCUT2D eigenvalue weighted by Crippen LogP contribution is 2.22. The Morgan fingerprint density at radius 1 is 1.73 bits per heavy atom. The molecular weight excluding hydrogens is 158 g/mol. The molecule has 11 heavy (non-hydrogen) atoms. The van der Waals surface area contributed by atoms with Gasteiger partial charge in [0.2, 0.25) is 0 Å². The van der Waals surface area contributed by atoms with E-state index in [0.717, 1.165) is 12.2 Å². The maximum Gasteiger partial charge on any atom is 0.0707 e. The van der Waals surface area contributed by atoms with E-state index in [1.54, 1.807) is 11.9 Å². The summed E-state index contributed by atoms with van der Waals surface area (Å²) in [5.41, 5.74) is 1.15. The monoisotopic (exact) mass is 167 g/mol. The first-order valence-electron chi connectivity index (χ1n) is 3.44. The lowest BCUT2D eigenvalue weighted by atomic mass is 10.3. The van der Waals surface area contributed by atoms with Crippen molar-refractivity contribution in [1.82, 2.24) is 14.8 Å². The molecule has 0 saturated carbocycles. The molecule has 1 aliphatic rings. The Balaban J connectivity index is 2.34. The second kappa shape index (κ2) is 2.81. The predicted octanol–water partition coefficient (Wildman–Crippen LogP) is 1.04. The third-order valence-electron chi connectivity index (χ3n) is 1.55. The van der Waals surface area contributed by atoms with Gasteiger partial charge in [-0.3, -0.25) is 4.98 Å². The van der Waals surface area contributed by atoms with Gasteiger partial charge < -0.3 is 0 Å². The molecule has 0 saturated heterocycles. The number of nitrogens with zero attached hydrogens (tertiary/aromatic N) is 2. The van der Waals surface area contributed by atoms with E-state index in [2.05, 4.69) is 15.9 Å². The van der Waals surface area contributed by atoms with Gasteiger partial charge in [-0.25, -0.2) is 5.01 Å². The molecule has 0 aliphatic carbocycles. The van der Waals surface area contributed by atoms with Crippen LogP contribution in [0, 0.1) is 0 Å². The van der Waals surface area contributed by atoms with E-state index >= 15 is 0 Å². The summed E-state index contributed by atoms with van der Waals surface area (Å²) in [7, 11) is 2.00. The Labute approximate surface area is 69.9 Å². The summed E-state index contributed by atoms with van der Waals surface area (Å²) in [6.07, 6.45) is 1.83. The topological polar surface area (TPSA) is 28.2 Å². The molecule has 0 amide bonds. The van der Waals surface area contributed by atoms with E-state index in [1.807, 2.05) is 24.3 Å². The molecule has 3 nitrogen and oxygen atoms in total. The standard InChI is InChI=1S/C7H9N3S/c1-10-5-6-7(11-9-10)3-2-4-8-6/h2-4,9H,5H2,1H3. The van der Waals surface area contributed by atoms with Crippen molar-refractivity contribution >= 4 is 11.9 Å². The zero-order chi connectivity index (χ0) is 7.68. The first-order chi connectivity index (χ1) is 5.36. The molecular formula is C7H9N3S. The molecule has 0 radical (unpaired) electrons. The molecule has 0 unspecified atom stereocenters. The van der Waals surface area contributed by atoms with Crippen molar-refractivity contribution in [1.29, 1.82) is 0 Å². The molecule has 4 heteroatoms. The maximum atomic E-state index is 4.27. The summed E-state index contributed by atoms with van der Waals surface area (Å²) in [6.45, 7) is 0.878. The lowest BCUT2D eigenvalue weighted by molar-refractivity contribution is 0.288. The van der Waals surface area contributed by atoms with Gasteiger partial charge in [-0.2, -0.15) is 4.83 Å². The fourth-order valence-electron chi connectivity index (χ4n) is 1.02. The Morgan fingerprint density at radius 2 is 2.64 bits per heavy atom. The summed E-state index contributed by atoms with van der Waals surface area (Å²) in [4.78, 5) is 8.64. The van der Waals surface area contributed by atoms with Crippen molar-refractivity contribution in [3.05, 3.63) is 24.0 Å². The number of nitrogens with one attached hydrogen (secondary N) is 1. The summed E-state index contributed by atoms with van der Waals surface area (Å²) in [5, 5.41) is 2.01. The number of fused-ring (bicyclic) bond motifs is 1. The van der Waals surface area contributed by atoms with E-state index in [0.29, 0.717) is 0 Å². The molecule has 0 aromatic carbocycles. The average Bonchev–Trinajstić information content (AvgIpc) is 2.04. The second-order valence-electron chi connectivity index (χ2n) is 2.50. The fraction of sp³-hybridized carbons (Fsp3) is 0.286. The fourth-order valence-corrected chi connectivity index (χ4v) is 1.72. The molecule has 2 rings (SSSR count). The van der Waals surface area contributed by atoms with Crippen LogP contribution in [0.4, 0.5) is 0 Å². The van der Waals surface area contributed by atoms with Crippen LogP contribution in [0.15, 0.2) is 23.2 Å². The minimum atomic E-state index is 0.878. The van der Waals surface area contributed by atoms with Crippen LogP contribution in [0.5, 0.6) is 0 Å². The third kappa shape index (κ3) is 1.38. The van der Waals surface area contributed by atoms with Crippen molar-refractivity contribution in [2.45, 2.75) is 11.4 Å². The van der Waals surface area contributed by atoms with Crippen molar-refractivity contribution in [3.8, 4) is 0 Å². The van der Waals surface area contributed by atoms with Gasteiger partial charge in [0.1, 0.15) is 0 Å². The van der Waals surface area contributed by atoms with Crippen LogP contribution in [0.3, 0.4) is 0 Å². The molecule has 0 fully saturated rings. The SMILES string of the molecule is CN1Cc2ncccc2SN1. The number of hydrazine groups is 1. The zero-order valence-corrected chi connectivity index (χ0v) is 7.06. The number of hydrogen-bond acceptors (Lipinski definition) is 4. The zero-order valence-electron chi connectivity index (χ0n) is 6.24. The molecule has 0 spiro atoms. The summed E-state index contributed by atoms with van der Waals surface area (Å²) in [6, 6.07) is 4.03. The number of rotatable bonds is 0. The smallest absolute Gasteiger partial charge is 0.0707 e. The number of aromatic nitrogens is 1. The van der Waals surface area contributed by atoms with Crippen molar-refractivity contribution in [2.24, 2.45) is 0 Å². The van der Waals surface area contributed by atoms with Crippen LogP contribution < -0.4 is 4.83 Å². The van der Waals surface area contributed by atoms with Crippen LogP contribution in [0.1, 0.15) is 5.69 Å². The highest BCUT2D eigenvalue weighted by atomic mass is 32.2. The quantitative estimate of drug-likeness (QED) is 0.584. The summed E-state index contributed by atoms with van der Waals surface area (Å²) in [5.74, 6) is 0.